The fraction of sp³-hybridized carbons (Fsp3) is 0.333. The first-order valence-corrected chi connectivity index (χ1v) is 9.77. The Morgan fingerprint density at radius 3 is 1.97 bits per heavy atom. The minimum atomic E-state index is -0.489. The number of rotatable bonds is 8. The van der Waals surface area contributed by atoms with Gasteiger partial charge in [0.15, 0.2) is 6.61 Å². The number of nitro groups is 1. The lowest BCUT2D eigenvalue weighted by Gasteiger charge is -2.34. The van der Waals surface area contributed by atoms with Crippen LogP contribution < -0.4 is 9.47 Å². The molecule has 1 N–H and O–H groups in total. The second-order valence-corrected chi connectivity index (χ2v) is 6.89. The molecule has 31 heavy (non-hydrogen) atoms. The molecule has 0 unspecified atom stereocenters. The average Bonchev–Trinajstić information content (AvgIpc) is 2.79. The number of hydrogen-bond acceptors (Lipinski definition) is 7. The van der Waals surface area contributed by atoms with Crippen molar-refractivity contribution in [3.05, 3.63) is 58.6 Å². The van der Waals surface area contributed by atoms with Gasteiger partial charge in [0.25, 0.3) is 11.6 Å². The summed E-state index contributed by atoms with van der Waals surface area (Å²) >= 11 is 0. The highest BCUT2D eigenvalue weighted by molar-refractivity contribution is 5.79. The topological polar surface area (TPSA) is 122 Å². The standard InChI is InChI=1S/C21H23N3O7/c25-17-3-7-19(8-4-17)31-15-21(27)23-12-10-22(11-13-23)20(26)9-14-30-18-5-1-16(2-6-18)24(28)29/h1-8,25H,9-15H2. The van der Waals surface area contributed by atoms with Crippen LogP contribution in [0.2, 0.25) is 0 Å². The highest BCUT2D eigenvalue weighted by Crippen LogP contribution is 2.18. The summed E-state index contributed by atoms with van der Waals surface area (Å²) in [5.41, 5.74) is -0.0238. The third-order valence-corrected chi connectivity index (χ3v) is 4.82. The molecule has 2 aromatic carbocycles. The number of phenolic OH excluding ortho intramolecular Hbond substituents is 1. The van der Waals surface area contributed by atoms with Gasteiger partial charge in [0.2, 0.25) is 5.91 Å². The molecule has 2 amide bonds. The summed E-state index contributed by atoms with van der Waals surface area (Å²) in [5.74, 6) is 0.837. The molecule has 1 heterocycles. The average molecular weight is 429 g/mol. The molecule has 0 spiro atoms. The van der Waals surface area contributed by atoms with Crippen LogP contribution in [-0.2, 0) is 9.59 Å². The van der Waals surface area contributed by atoms with E-state index in [2.05, 4.69) is 0 Å². The lowest BCUT2D eigenvalue weighted by molar-refractivity contribution is -0.384. The van der Waals surface area contributed by atoms with Crippen LogP contribution in [0, 0.1) is 10.1 Å². The van der Waals surface area contributed by atoms with Crippen molar-refractivity contribution in [2.24, 2.45) is 0 Å². The number of ether oxygens (including phenoxy) is 2. The normalized spacial score (nSPS) is 13.5. The van der Waals surface area contributed by atoms with Gasteiger partial charge in [0, 0.05) is 38.3 Å². The molecule has 0 aliphatic carbocycles. The van der Waals surface area contributed by atoms with E-state index in [1.165, 1.54) is 36.4 Å². The fourth-order valence-electron chi connectivity index (χ4n) is 3.06. The number of phenols is 1. The molecule has 1 aliphatic rings. The first-order chi connectivity index (χ1) is 14.9. The zero-order valence-corrected chi connectivity index (χ0v) is 16.8. The lowest BCUT2D eigenvalue weighted by Crippen LogP contribution is -2.51. The van der Waals surface area contributed by atoms with Crippen LogP contribution in [0.1, 0.15) is 6.42 Å². The van der Waals surface area contributed by atoms with Crippen LogP contribution in [0.4, 0.5) is 5.69 Å². The van der Waals surface area contributed by atoms with Crippen LogP contribution in [0.5, 0.6) is 17.2 Å². The van der Waals surface area contributed by atoms with Gasteiger partial charge >= 0.3 is 0 Å². The summed E-state index contributed by atoms with van der Waals surface area (Å²) in [4.78, 5) is 38.1. The molecule has 10 heteroatoms. The van der Waals surface area contributed by atoms with Gasteiger partial charge in [-0.25, -0.2) is 0 Å². The molecule has 0 atom stereocenters. The smallest absolute Gasteiger partial charge is 0.269 e. The van der Waals surface area contributed by atoms with E-state index in [0.717, 1.165) is 0 Å². The van der Waals surface area contributed by atoms with Crippen molar-refractivity contribution < 1.29 is 29.1 Å². The predicted molar refractivity (Wildman–Crippen MR) is 110 cm³/mol. The number of amides is 2. The van der Waals surface area contributed by atoms with Gasteiger partial charge in [-0.15, -0.1) is 0 Å². The molecule has 0 saturated carbocycles. The monoisotopic (exact) mass is 429 g/mol. The molecule has 1 fully saturated rings. The molecule has 0 radical (unpaired) electrons. The number of non-ortho nitro benzene ring substituents is 1. The van der Waals surface area contributed by atoms with Crippen molar-refractivity contribution in [1.82, 2.24) is 9.80 Å². The Bertz CT molecular complexity index is 908. The first-order valence-electron chi connectivity index (χ1n) is 9.77. The summed E-state index contributed by atoms with van der Waals surface area (Å²) in [6.07, 6.45) is 0.175. The Hall–Kier alpha value is -3.82. The van der Waals surface area contributed by atoms with Crippen LogP contribution >= 0.6 is 0 Å². The number of nitrogens with zero attached hydrogens (tertiary/aromatic N) is 3. The Balaban J connectivity index is 1.35. The van der Waals surface area contributed by atoms with Crippen LogP contribution in [-0.4, -0.2) is 71.0 Å². The number of hydrogen-bond donors (Lipinski definition) is 1. The number of carbonyl (C=O) groups is 2. The molecule has 164 valence electrons. The minimum absolute atomic E-state index is 0.0238. The van der Waals surface area contributed by atoms with E-state index in [9.17, 15) is 24.8 Å². The van der Waals surface area contributed by atoms with Crippen molar-refractivity contribution in [3.8, 4) is 17.2 Å². The molecule has 1 saturated heterocycles. The number of piperazine rings is 1. The minimum Gasteiger partial charge on any atom is -0.508 e. The van der Waals surface area contributed by atoms with Crippen LogP contribution in [0.25, 0.3) is 0 Å². The van der Waals surface area contributed by atoms with Gasteiger partial charge in [-0.2, -0.15) is 0 Å². The second-order valence-electron chi connectivity index (χ2n) is 6.89. The molecule has 1 aliphatic heterocycles. The highest BCUT2D eigenvalue weighted by Gasteiger charge is 2.24. The third kappa shape index (κ3) is 6.33. The van der Waals surface area contributed by atoms with Crippen LogP contribution in [0.3, 0.4) is 0 Å². The van der Waals surface area contributed by atoms with Gasteiger partial charge in [-0.3, -0.25) is 19.7 Å². The van der Waals surface area contributed by atoms with Gasteiger partial charge in [0.1, 0.15) is 17.2 Å². The zero-order chi connectivity index (χ0) is 22.2. The van der Waals surface area contributed by atoms with Gasteiger partial charge in [0.05, 0.1) is 18.0 Å². The summed E-state index contributed by atoms with van der Waals surface area (Å²) in [5, 5.41) is 19.9. The highest BCUT2D eigenvalue weighted by atomic mass is 16.6. The molecule has 2 aromatic rings. The molecular weight excluding hydrogens is 406 g/mol. The van der Waals surface area contributed by atoms with Crippen molar-refractivity contribution in [2.45, 2.75) is 6.42 Å². The van der Waals surface area contributed by atoms with Crippen molar-refractivity contribution >= 4 is 17.5 Å². The van der Waals surface area contributed by atoms with E-state index in [1.807, 2.05) is 0 Å². The summed E-state index contributed by atoms with van der Waals surface area (Å²) in [6, 6.07) is 11.8. The maximum Gasteiger partial charge on any atom is 0.269 e. The fourth-order valence-corrected chi connectivity index (χ4v) is 3.06. The summed E-state index contributed by atoms with van der Waals surface area (Å²) in [7, 11) is 0. The Morgan fingerprint density at radius 1 is 0.871 bits per heavy atom. The summed E-state index contributed by atoms with van der Waals surface area (Å²) in [6.45, 7) is 1.76. The molecule has 10 nitrogen and oxygen atoms in total. The van der Waals surface area contributed by atoms with E-state index in [1.54, 1.807) is 21.9 Å². The van der Waals surface area contributed by atoms with Gasteiger partial charge in [-0.05, 0) is 36.4 Å². The van der Waals surface area contributed by atoms with Gasteiger partial charge in [-0.1, -0.05) is 0 Å². The maximum absolute atomic E-state index is 12.4. The number of nitro benzene ring substituents is 1. The van der Waals surface area contributed by atoms with Crippen molar-refractivity contribution in [2.75, 3.05) is 39.4 Å². The molecule has 0 bridgehead atoms. The lowest BCUT2D eigenvalue weighted by atomic mass is 10.2. The molecule has 0 aromatic heterocycles. The quantitative estimate of drug-likeness (QED) is 0.502. The Kier molecular flexibility index (Phi) is 7.26. The van der Waals surface area contributed by atoms with Crippen molar-refractivity contribution in [1.29, 1.82) is 0 Å². The van der Waals surface area contributed by atoms with E-state index in [0.29, 0.717) is 37.7 Å². The SMILES string of the molecule is O=C(CCOc1ccc([N+](=O)[O-])cc1)N1CCN(C(=O)COc2ccc(O)cc2)CC1. The Labute approximate surface area is 178 Å². The first kappa shape index (κ1) is 21.9. The third-order valence-electron chi connectivity index (χ3n) is 4.82. The van der Waals surface area contributed by atoms with E-state index >= 15 is 0 Å². The molecule has 3 rings (SSSR count). The largest absolute Gasteiger partial charge is 0.508 e. The van der Waals surface area contributed by atoms with Gasteiger partial charge < -0.3 is 24.4 Å². The zero-order valence-electron chi connectivity index (χ0n) is 16.8. The van der Waals surface area contributed by atoms with Crippen LogP contribution in [0.15, 0.2) is 48.5 Å². The van der Waals surface area contributed by atoms with E-state index < -0.39 is 4.92 Å². The van der Waals surface area contributed by atoms with E-state index in [4.69, 9.17) is 9.47 Å². The van der Waals surface area contributed by atoms with E-state index in [-0.39, 0.29) is 42.9 Å². The Morgan fingerprint density at radius 2 is 1.39 bits per heavy atom. The number of carbonyl (C=O) groups excluding carboxylic acids is 2. The number of benzene rings is 2. The summed E-state index contributed by atoms with van der Waals surface area (Å²) < 4.78 is 10.9. The predicted octanol–water partition coefficient (Wildman–Crippen LogP) is 1.82. The molecular formula is C21H23N3O7. The van der Waals surface area contributed by atoms with Crippen molar-refractivity contribution in [3.63, 3.8) is 0 Å². The number of aromatic hydroxyl groups is 1. The second kappa shape index (κ2) is 10.3. The maximum atomic E-state index is 12.4.